The van der Waals surface area contributed by atoms with Gasteiger partial charge in [-0.05, 0) is 31.6 Å². The van der Waals surface area contributed by atoms with Crippen molar-refractivity contribution < 1.29 is 13.3 Å². The first kappa shape index (κ1) is 13.8. The van der Waals surface area contributed by atoms with Crippen molar-refractivity contribution in [2.75, 3.05) is 31.9 Å². The van der Waals surface area contributed by atoms with E-state index < -0.39 is 10.0 Å². The first-order valence-corrected chi connectivity index (χ1v) is 9.53. The highest BCUT2D eigenvalue weighted by Gasteiger charge is 2.46. The van der Waals surface area contributed by atoms with Gasteiger partial charge in [0.1, 0.15) is 0 Å². The third-order valence-corrected chi connectivity index (χ3v) is 7.56. The summed E-state index contributed by atoms with van der Waals surface area (Å²) in [5, 5.41) is 0. The third kappa shape index (κ3) is 2.69. The van der Waals surface area contributed by atoms with Crippen LogP contribution in [-0.2, 0) is 10.0 Å². The Morgan fingerprint density at radius 2 is 1.89 bits per heavy atom. The van der Waals surface area contributed by atoms with Crippen LogP contribution in [0, 0.1) is 11.8 Å². The van der Waals surface area contributed by atoms with Gasteiger partial charge in [-0.1, -0.05) is 6.92 Å². The number of nitrogens with zero attached hydrogens (tertiary/aromatic N) is 1. The minimum atomic E-state index is -2.97. The molecule has 19 heavy (non-hydrogen) atoms. The number of rotatable bonds is 4. The summed E-state index contributed by atoms with van der Waals surface area (Å²) in [6.45, 7) is 5.47. The van der Waals surface area contributed by atoms with Crippen LogP contribution in [0.5, 0.6) is 0 Å². The second-order valence-electron chi connectivity index (χ2n) is 6.65. The Bertz CT molecular complexity index is 415. The van der Waals surface area contributed by atoms with Crippen LogP contribution < -0.4 is 4.90 Å². The van der Waals surface area contributed by atoms with Crippen LogP contribution in [0.3, 0.4) is 0 Å². The molecular formula is C14H27N2O2S+. The molecule has 5 heteroatoms. The number of hydrogen-bond acceptors (Lipinski definition) is 2. The molecule has 110 valence electrons. The van der Waals surface area contributed by atoms with Crippen molar-refractivity contribution in [3.63, 3.8) is 0 Å². The fourth-order valence-corrected chi connectivity index (χ4v) is 6.07. The monoisotopic (exact) mass is 287 g/mol. The van der Waals surface area contributed by atoms with Gasteiger partial charge in [0.05, 0.1) is 38.0 Å². The summed E-state index contributed by atoms with van der Waals surface area (Å²) >= 11 is 0. The normalized spacial score (nSPS) is 37.0. The van der Waals surface area contributed by atoms with Crippen LogP contribution in [0.2, 0.25) is 0 Å². The summed E-state index contributed by atoms with van der Waals surface area (Å²) in [6.07, 6.45) is 6.46. The van der Waals surface area contributed by atoms with E-state index in [1.807, 2.05) is 6.92 Å². The molecule has 2 bridgehead atoms. The molecule has 4 nitrogen and oxygen atoms in total. The van der Waals surface area contributed by atoms with Crippen molar-refractivity contribution in [2.45, 2.75) is 45.1 Å². The van der Waals surface area contributed by atoms with Crippen molar-refractivity contribution in [3.05, 3.63) is 0 Å². The molecule has 1 N–H and O–H groups in total. The second-order valence-corrected chi connectivity index (χ2v) is 8.74. The van der Waals surface area contributed by atoms with E-state index in [-0.39, 0.29) is 0 Å². The number of hydrogen-bond donors (Lipinski definition) is 1. The molecule has 0 spiro atoms. The topological polar surface area (TPSA) is 41.8 Å². The van der Waals surface area contributed by atoms with Crippen LogP contribution in [0.25, 0.3) is 0 Å². The molecule has 0 aromatic heterocycles. The van der Waals surface area contributed by atoms with Crippen molar-refractivity contribution in [3.8, 4) is 0 Å². The summed E-state index contributed by atoms with van der Waals surface area (Å²) in [7, 11) is -2.97. The van der Waals surface area contributed by atoms with E-state index in [0.29, 0.717) is 5.75 Å². The van der Waals surface area contributed by atoms with Gasteiger partial charge in [-0.15, -0.1) is 0 Å². The van der Waals surface area contributed by atoms with Gasteiger partial charge < -0.3 is 4.90 Å². The highest BCUT2D eigenvalue weighted by molar-refractivity contribution is 7.89. The average molecular weight is 287 g/mol. The van der Waals surface area contributed by atoms with E-state index in [1.165, 1.54) is 25.7 Å². The third-order valence-electron chi connectivity index (χ3n) is 5.48. The van der Waals surface area contributed by atoms with E-state index >= 15 is 0 Å². The van der Waals surface area contributed by atoms with Gasteiger partial charge in [-0.3, -0.25) is 0 Å². The fourth-order valence-electron chi connectivity index (χ4n) is 4.55. The molecule has 1 aliphatic heterocycles. The van der Waals surface area contributed by atoms with E-state index in [1.54, 1.807) is 9.21 Å². The molecule has 3 fully saturated rings. The Morgan fingerprint density at radius 1 is 1.16 bits per heavy atom. The quantitative estimate of drug-likeness (QED) is 0.798. The molecule has 3 aliphatic rings. The largest absolute Gasteiger partial charge is 0.330 e. The maximum Gasteiger partial charge on any atom is 0.214 e. The van der Waals surface area contributed by atoms with E-state index in [0.717, 1.165) is 50.5 Å². The minimum absolute atomic E-state index is 0.316. The van der Waals surface area contributed by atoms with Gasteiger partial charge in [0.15, 0.2) is 0 Å². The van der Waals surface area contributed by atoms with Crippen LogP contribution in [0.15, 0.2) is 0 Å². The maximum absolute atomic E-state index is 12.1. The summed E-state index contributed by atoms with van der Waals surface area (Å²) in [5.41, 5.74) is 0. The first-order chi connectivity index (χ1) is 9.10. The van der Waals surface area contributed by atoms with Crippen LogP contribution in [0.1, 0.15) is 39.0 Å². The first-order valence-electron chi connectivity index (χ1n) is 7.92. The predicted octanol–water partition coefficient (Wildman–Crippen LogP) is 0.115. The number of quaternary nitrogens is 1. The molecular weight excluding hydrogens is 260 g/mol. The second kappa shape index (κ2) is 5.34. The van der Waals surface area contributed by atoms with Crippen molar-refractivity contribution in [2.24, 2.45) is 11.8 Å². The molecule has 3 atom stereocenters. The van der Waals surface area contributed by atoms with E-state index in [9.17, 15) is 8.42 Å². The zero-order valence-electron chi connectivity index (χ0n) is 12.0. The molecule has 0 aromatic rings. The van der Waals surface area contributed by atoms with E-state index in [4.69, 9.17) is 0 Å². The molecule has 1 saturated heterocycles. The summed E-state index contributed by atoms with van der Waals surface area (Å²) in [6, 6.07) is 0.842. The molecule has 0 unspecified atom stereocenters. The Morgan fingerprint density at radius 3 is 2.42 bits per heavy atom. The lowest BCUT2D eigenvalue weighted by atomic mass is 9.93. The number of sulfonamides is 1. The number of piperazine rings is 1. The molecule has 0 aromatic carbocycles. The zero-order valence-corrected chi connectivity index (χ0v) is 12.8. The lowest BCUT2D eigenvalue weighted by molar-refractivity contribution is -0.932. The van der Waals surface area contributed by atoms with Gasteiger partial charge >= 0.3 is 0 Å². The molecule has 2 aliphatic carbocycles. The van der Waals surface area contributed by atoms with Crippen molar-refractivity contribution >= 4 is 10.0 Å². The van der Waals surface area contributed by atoms with E-state index in [2.05, 4.69) is 0 Å². The van der Waals surface area contributed by atoms with Gasteiger partial charge in [0, 0.05) is 12.3 Å². The summed E-state index contributed by atoms with van der Waals surface area (Å²) < 4.78 is 25.8. The molecule has 3 rings (SSSR count). The van der Waals surface area contributed by atoms with Crippen molar-refractivity contribution in [1.82, 2.24) is 4.31 Å². The minimum Gasteiger partial charge on any atom is -0.330 e. The Hall–Kier alpha value is -0.130. The standard InChI is InChI=1S/C14H26N2O2S/c1-2-9-19(17,18)16-7-5-15(6-8-16)14-11-12-3-4-13(14)10-12/h12-14H,2-11H2,1H3/p+1/t12-,13-,14+/m0/s1. The van der Waals surface area contributed by atoms with Crippen LogP contribution >= 0.6 is 0 Å². The molecule has 0 amide bonds. The highest BCUT2D eigenvalue weighted by Crippen LogP contribution is 2.43. The average Bonchev–Trinajstić information content (AvgIpc) is 3.01. The number of fused-ring (bicyclic) bond motifs is 2. The Kier molecular flexibility index (Phi) is 3.89. The lowest BCUT2D eigenvalue weighted by Gasteiger charge is -2.37. The molecule has 1 heterocycles. The smallest absolute Gasteiger partial charge is 0.214 e. The fraction of sp³-hybridized carbons (Fsp3) is 1.00. The predicted molar refractivity (Wildman–Crippen MR) is 75.6 cm³/mol. The van der Waals surface area contributed by atoms with Gasteiger partial charge in [0.25, 0.3) is 0 Å². The van der Waals surface area contributed by atoms with Gasteiger partial charge in [0.2, 0.25) is 10.0 Å². The Balaban J connectivity index is 1.55. The maximum atomic E-state index is 12.1. The Labute approximate surface area is 117 Å². The van der Waals surface area contributed by atoms with Gasteiger partial charge in [-0.25, -0.2) is 8.42 Å². The highest BCUT2D eigenvalue weighted by atomic mass is 32.2. The lowest BCUT2D eigenvalue weighted by Crippen LogP contribution is -3.18. The summed E-state index contributed by atoms with van der Waals surface area (Å²) in [4.78, 5) is 1.69. The molecule has 2 saturated carbocycles. The van der Waals surface area contributed by atoms with Crippen LogP contribution in [-0.4, -0.2) is 50.7 Å². The van der Waals surface area contributed by atoms with Gasteiger partial charge in [-0.2, -0.15) is 4.31 Å². The number of nitrogens with one attached hydrogen (secondary N) is 1. The SMILES string of the molecule is CCCS(=O)(=O)N1CC[NH+]([C@@H]2C[C@H]3CC[C@H]2C3)CC1. The van der Waals surface area contributed by atoms with Crippen molar-refractivity contribution in [1.29, 1.82) is 0 Å². The van der Waals surface area contributed by atoms with Crippen LogP contribution in [0.4, 0.5) is 0 Å². The zero-order chi connectivity index (χ0) is 13.5. The summed E-state index contributed by atoms with van der Waals surface area (Å²) in [5.74, 6) is 2.25. The molecule has 0 radical (unpaired) electrons.